The molecule has 0 saturated carbocycles. The van der Waals surface area contributed by atoms with Crippen molar-refractivity contribution in [2.45, 2.75) is 12.8 Å². The molecule has 0 bridgehead atoms. The highest BCUT2D eigenvalue weighted by Gasteiger charge is 2.30. The molecule has 2 aromatic rings. The normalized spacial score (nSPS) is 13.5. The molecule has 0 unspecified atom stereocenters. The lowest BCUT2D eigenvalue weighted by Crippen LogP contribution is -2.43. The van der Waals surface area contributed by atoms with Crippen LogP contribution >= 0.6 is 0 Å². The van der Waals surface area contributed by atoms with E-state index in [1.807, 2.05) is 12.1 Å². The van der Waals surface area contributed by atoms with Gasteiger partial charge in [-0.05, 0) is 24.1 Å². The minimum Gasteiger partial charge on any atom is -0.481 e. The summed E-state index contributed by atoms with van der Waals surface area (Å²) in [5.41, 5.74) is 1.99. The van der Waals surface area contributed by atoms with Crippen LogP contribution in [0.3, 0.4) is 0 Å². The minimum atomic E-state index is -3.93. The van der Waals surface area contributed by atoms with Crippen LogP contribution in [-0.2, 0) is 27.8 Å². The molecule has 0 fully saturated rings. The fraction of sp³-hybridized carbons (Fsp3) is 0.250. The van der Waals surface area contributed by atoms with Gasteiger partial charge < -0.3 is 4.74 Å². The fourth-order valence-corrected chi connectivity index (χ4v) is 3.87. The molecular weight excluding hydrogens is 330 g/mol. The number of nitrogens with zero attached hydrogens (tertiary/aromatic N) is 2. The maximum Gasteiger partial charge on any atom is 0.326 e. The summed E-state index contributed by atoms with van der Waals surface area (Å²) in [6, 6.07) is 12.2. The number of ether oxygens (including phenoxy) is 1. The number of aromatic nitrogens is 1. The molecule has 2 heterocycles. The maximum atomic E-state index is 12.5. The summed E-state index contributed by atoms with van der Waals surface area (Å²) in [7, 11) is -2.46. The number of rotatable bonds is 5. The van der Waals surface area contributed by atoms with Gasteiger partial charge in [0.2, 0.25) is 11.8 Å². The minimum absolute atomic E-state index is 0.147. The second-order valence-electron chi connectivity index (χ2n) is 5.33. The van der Waals surface area contributed by atoms with Gasteiger partial charge >= 0.3 is 10.2 Å². The quantitative estimate of drug-likeness (QED) is 0.873. The van der Waals surface area contributed by atoms with Crippen molar-refractivity contribution in [2.24, 2.45) is 0 Å². The number of carbonyl (C=O) groups is 1. The average Bonchev–Trinajstić information content (AvgIpc) is 2.99. The fourth-order valence-electron chi connectivity index (χ4n) is 2.63. The molecule has 1 aliphatic heterocycles. The van der Waals surface area contributed by atoms with Crippen LogP contribution in [0, 0.1) is 0 Å². The molecule has 0 radical (unpaired) electrons. The Balaban J connectivity index is 1.72. The Morgan fingerprint density at radius 2 is 2.04 bits per heavy atom. The first-order valence-electron chi connectivity index (χ1n) is 7.41. The molecule has 8 heteroatoms. The molecule has 0 spiro atoms. The van der Waals surface area contributed by atoms with Crippen LogP contribution in [-0.4, -0.2) is 33.0 Å². The first-order chi connectivity index (χ1) is 11.5. The van der Waals surface area contributed by atoms with Crippen LogP contribution in [0.2, 0.25) is 0 Å². The van der Waals surface area contributed by atoms with E-state index in [-0.39, 0.29) is 6.42 Å². The van der Waals surface area contributed by atoms with Crippen LogP contribution < -0.4 is 13.8 Å². The van der Waals surface area contributed by atoms with E-state index in [1.165, 1.54) is 11.4 Å². The van der Waals surface area contributed by atoms with E-state index in [1.54, 1.807) is 30.3 Å². The van der Waals surface area contributed by atoms with Gasteiger partial charge in [-0.15, -0.1) is 0 Å². The summed E-state index contributed by atoms with van der Waals surface area (Å²) < 4.78 is 33.2. The van der Waals surface area contributed by atoms with Crippen molar-refractivity contribution in [3.05, 3.63) is 53.7 Å². The number of para-hydroxylation sites is 1. The predicted molar refractivity (Wildman–Crippen MR) is 89.0 cm³/mol. The highest BCUT2D eigenvalue weighted by Crippen LogP contribution is 2.29. The summed E-state index contributed by atoms with van der Waals surface area (Å²) in [4.78, 5) is 16.2. The number of carbonyl (C=O) groups excluding carboxylic acids is 1. The van der Waals surface area contributed by atoms with Gasteiger partial charge in [-0.2, -0.15) is 8.42 Å². The predicted octanol–water partition coefficient (Wildman–Crippen LogP) is 1.06. The molecule has 0 aliphatic carbocycles. The van der Waals surface area contributed by atoms with Crippen molar-refractivity contribution in [1.82, 2.24) is 9.71 Å². The van der Waals surface area contributed by atoms with E-state index in [0.29, 0.717) is 30.2 Å². The van der Waals surface area contributed by atoms with Gasteiger partial charge in [-0.25, -0.2) is 9.71 Å². The van der Waals surface area contributed by atoms with Crippen molar-refractivity contribution >= 4 is 21.8 Å². The molecule has 1 amide bonds. The smallest absolute Gasteiger partial charge is 0.326 e. The van der Waals surface area contributed by atoms with Crippen LogP contribution in [0.4, 0.5) is 5.69 Å². The molecule has 1 N–H and O–H groups in total. The van der Waals surface area contributed by atoms with E-state index < -0.39 is 16.1 Å². The summed E-state index contributed by atoms with van der Waals surface area (Å²) in [5, 5.41) is 0. The Bertz CT molecular complexity index is 867. The van der Waals surface area contributed by atoms with Gasteiger partial charge in [0.05, 0.1) is 24.9 Å². The second-order valence-corrected chi connectivity index (χ2v) is 6.92. The zero-order valence-electron chi connectivity index (χ0n) is 13.1. The third-order valence-electron chi connectivity index (χ3n) is 3.71. The number of methoxy groups -OCH3 is 1. The lowest BCUT2D eigenvalue weighted by molar-refractivity contribution is -0.118. The summed E-state index contributed by atoms with van der Waals surface area (Å²) >= 11 is 0. The van der Waals surface area contributed by atoms with E-state index in [0.717, 1.165) is 5.56 Å². The monoisotopic (exact) mass is 347 g/mol. The van der Waals surface area contributed by atoms with E-state index in [9.17, 15) is 13.2 Å². The number of hydrogen-bond donors (Lipinski definition) is 1. The Morgan fingerprint density at radius 3 is 2.83 bits per heavy atom. The Hall–Kier alpha value is -2.61. The first kappa shape index (κ1) is 16.3. The standard InChI is InChI=1S/C16H17N3O4S/c1-23-16-8-4-6-13(17-16)11-15(20)18-24(21,22)19-10-9-12-5-2-3-7-14(12)19/h2-8H,9-11H2,1H3,(H,18,20). The number of nitrogens with one attached hydrogen (secondary N) is 1. The van der Waals surface area contributed by atoms with Gasteiger partial charge in [-0.3, -0.25) is 9.10 Å². The Morgan fingerprint density at radius 1 is 1.25 bits per heavy atom. The lowest BCUT2D eigenvalue weighted by atomic mass is 10.2. The number of hydrogen-bond acceptors (Lipinski definition) is 5. The molecule has 1 aromatic carbocycles. The summed E-state index contributed by atoms with van der Waals surface area (Å²) in [6.45, 7) is 0.319. The van der Waals surface area contributed by atoms with Crippen molar-refractivity contribution in [3.8, 4) is 5.88 Å². The SMILES string of the molecule is COc1cccc(CC(=O)NS(=O)(=O)N2CCc3ccccc32)n1. The maximum absolute atomic E-state index is 12.5. The average molecular weight is 347 g/mol. The highest BCUT2D eigenvalue weighted by atomic mass is 32.2. The van der Waals surface area contributed by atoms with Crippen molar-refractivity contribution in [2.75, 3.05) is 18.0 Å². The van der Waals surface area contributed by atoms with Crippen LogP contribution in [0.5, 0.6) is 5.88 Å². The number of pyridine rings is 1. The highest BCUT2D eigenvalue weighted by molar-refractivity contribution is 7.91. The van der Waals surface area contributed by atoms with Gasteiger partial charge in [0.1, 0.15) is 0 Å². The molecule has 1 aromatic heterocycles. The van der Waals surface area contributed by atoms with Crippen LogP contribution in [0.1, 0.15) is 11.3 Å². The molecule has 7 nitrogen and oxygen atoms in total. The van der Waals surface area contributed by atoms with E-state index in [2.05, 4.69) is 9.71 Å². The second kappa shape index (κ2) is 6.48. The van der Waals surface area contributed by atoms with E-state index >= 15 is 0 Å². The number of benzene rings is 1. The largest absolute Gasteiger partial charge is 0.481 e. The topological polar surface area (TPSA) is 88.6 Å². The Kier molecular flexibility index (Phi) is 4.39. The molecule has 3 rings (SSSR count). The van der Waals surface area contributed by atoms with E-state index in [4.69, 9.17) is 4.74 Å². The Labute approximate surface area is 140 Å². The van der Waals surface area contributed by atoms with Crippen molar-refractivity contribution in [3.63, 3.8) is 0 Å². The van der Waals surface area contributed by atoms with Crippen molar-refractivity contribution in [1.29, 1.82) is 0 Å². The summed E-state index contributed by atoms with van der Waals surface area (Å²) in [6.07, 6.45) is 0.481. The zero-order valence-corrected chi connectivity index (χ0v) is 13.9. The number of fused-ring (bicyclic) bond motifs is 1. The molecule has 1 aliphatic rings. The zero-order chi connectivity index (χ0) is 17.2. The van der Waals surface area contributed by atoms with Gasteiger partial charge in [0.25, 0.3) is 0 Å². The first-order valence-corrected chi connectivity index (χ1v) is 8.85. The molecule has 24 heavy (non-hydrogen) atoms. The molecule has 0 atom stereocenters. The van der Waals surface area contributed by atoms with Crippen molar-refractivity contribution < 1.29 is 17.9 Å². The molecule has 0 saturated heterocycles. The van der Waals surface area contributed by atoms with Gasteiger partial charge in [0, 0.05) is 12.6 Å². The molecular formula is C16H17N3O4S. The summed E-state index contributed by atoms with van der Waals surface area (Å²) in [5.74, 6) is -0.267. The van der Waals surface area contributed by atoms with Crippen LogP contribution in [0.15, 0.2) is 42.5 Å². The third-order valence-corrected chi connectivity index (χ3v) is 5.15. The van der Waals surface area contributed by atoms with Gasteiger partial charge in [-0.1, -0.05) is 24.3 Å². The van der Waals surface area contributed by atoms with Crippen LogP contribution in [0.25, 0.3) is 0 Å². The third kappa shape index (κ3) is 3.33. The molecule has 126 valence electrons. The number of amides is 1. The lowest BCUT2D eigenvalue weighted by Gasteiger charge is -2.19. The van der Waals surface area contributed by atoms with Gasteiger partial charge in [0.15, 0.2) is 0 Å². The number of anilines is 1.